The van der Waals surface area contributed by atoms with E-state index in [1.54, 1.807) is 0 Å². The van der Waals surface area contributed by atoms with Gasteiger partial charge in [-0.2, -0.15) is 0 Å². The number of para-hydroxylation sites is 1. The molecule has 1 aromatic heterocycles. The van der Waals surface area contributed by atoms with Crippen molar-refractivity contribution in [2.45, 2.75) is 65.1 Å². The van der Waals surface area contributed by atoms with Gasteiger partial charge in [0.2, 0.25) is 11.8 Å². The van der Waals surface area contributed by atoms with E-state index in [2.05, 4.69) is 63.3 Å². The van der Waals surface area contributed by atoms with Crippen molar-refractivity contribution in [1.82, 2.24) is 31.3 Å². The first-order valence-electron chi connectivity index (χ1n) is 14.6. The lowest BCUT2D eigenvalue weighted by Crippen LogP contribution is -2.51. The van der Waals surface area contributed by atoms with Crippen LogP contribution in [0.15, 0.2) is 72.8 Å². The second-order valence-electron chi connectivity index (χ2n) is 12.0. The average Bonchev–Trinajstić information content (AvgIpc) is 3.48. The van der Waals surface area contributed by atoms with Gasteiger partial charge in [-0.05, 0) is 77.9 Å². The van der Waals surface area contributed by atoms with Crippen molar-refractivity contribution in [1.29, 1.82) is 0 Å². The number of carbonyl (C=O) groups is 2. The number of H-pyrrole nitrogens is 1. The van der Waals surface area contributed by atoms with Gasteiger partial charge >= 0.3 is 0 Å². The number of rotatable bonds is 10. The zero-order valence-electron chi connectivity index (χ0n) is 24.7. The minimum absolute atomic E-state index is 0.0894. The van der Waals surface area contributed by atoms with Crippen LogP contribution in [0.4, 0.5) is 5.69 Å². The van der Waals surface area contributed by atoms with Crippen LogP contribution in [-0.4, -0.2) is 50.6 Å². The van der Waals surface area contributed by atoms with Gasteiger partial charge in [-0.1, -0.05) is 80.6 Å². The van der Waals surface area contributed by atoms with E-state index in [-0.39, 0.29) is 17.4 Å². The minimum atomic E-state index is -0.590. The van der Waals surface area contributed by atoms with Gasteiger partial charge in [0.05, 0.1) is 6.54 Å². The van der Waals surface area contributed by atoms with E-state index in [1.165, 1.54) is 0 Å². The molecule has 0 spiro atoms. The quantitative estimate of drug-likeness (QED) is 0.252. The monoisotopic (exact) mass is 565 g/mol. The number of fused-ring (bicyclic) bond motifs is 1. The summed E-state index contributed by atoms with van der Waals surface area (Å²) in [5.74, 6) is 0.879. The van der Waals surface area contributed by atoms with Gasteiger partial charge in [0.15, 0.2) is 5.82 Å². The summed E-state index contributed by atoms with van der Waals surface area (Å²) < 4.78 is 0. The SMILES string of the molecule is CC(C)CNC(C)(C)CC(=O)N[C@@H]1CCc2ccccc2N(Cc2ccc(-c3ccccc3-c3nnn[nH]3)cc2)C1=O. The molecule has 0 aliphatic carbocycles. The van der Waals surface area contributed by atoms with E-state index >= 15 is 0 Å². The summed E-state index contributed by atoms with van der Waals surface area (Å²) in [6, 6.07) is 23.6. The largest absolute Gasteiger partial charge is 0.344 e. The van der Waals surface area contributed by atoms with Crippen LogP contribution >= 0.6 is 0 Å². The van der Waals surface area contributed by atoms with Crippen LogP contribution < -0.4 is 15.5 Å². The topological polar surface area (TPSA) is 116 Å². The minimum Gasteiger partial charge on any atom is -0.344 e. The highest BCUT2D eigenvalue weighted by Crippen LogP contribution is 2.32. The fraction of sp³-hybridized carbons (Fsp3) is 0.364. The molecule has 0 radical (unpaired) electrons. The lowest BCUT2D eigenvalue weighted by molar-refractivity contribution is -0.128. The molecular formula is C33H39N7O2. The number of hydrogen-bond acceptors (Lipinski definition) is 6. The molecule has 4 aromatic rings. The second kappa shape index (κ2) is 12.7. The highest BCUT2D eigenvalue weighted by molar-refractivity contribution is 6.00. The number of aromatic amines is 1. The fourth-order valence-corrected chi connectivity index (χ4v) is 5.39. The van der Waals surface area contributed by atoms with Gasteiger partial charge in [0.25, 0.3) is 0 Å². The van der Waals surface area contributed by atoms with Crippen LogP contribution in [0.25, 0.3) is 22.5 Å². The molecule has 0 saturated carbocycles. The summed E-state index contributed by atoms with van der Waals surface area (Å²) in [5.41, 5.74) is 5.56. The Hall–Kier alpha value is -4.37. The molecule has 5 rings (SSSR count). The summed E-state index contributed by atoms with van der Waals surface area (Å²) in [5, 5.41) is 20.9. The maximum atomic E-state index is 14.0. The van der Waals surface area contributed by atoms with Gasteiger partial charge < -0.3 is 15.5 Å². The van der Waals surface area contributed by atoms with Gasteiger partial charge in [0, 0.05) is 23.2 Å². The van der Waals surface area contributed by atoms with Crippen molar-refractivity contribution in [3.05, 3.63) is 83.9 Å². The Morgan fingerprint density at radius 3 is 2.45 bits per heavy atom. The molecule has 3 aromatic carbocycles. The van der Waals surface area contributed by atoms with Gasteiger partial charge in [0.1, 0.15) is 6.04 Å². The number of nitrogens with zero attached hydrogens (tertiary/aromatic N) is 4. The Bertz CT molecular complexity index is 1510. The van der Waals surface area contributed by atoms with Crippen LogP contribution in [0.1, 0.15) is 51.7 Å². The first-order chi connectivity index (χ1) is 20.2. The normalized spacial score (nSPS) is 15.4. The summed E-state index contributed by atoms with van der Waals surface area (Å²) in [4.78, 5) is 28.9. The predicted octanol–water partition coefficient (Wildman–Crippen LogP) is 4.91. The third kappa shape index (κ3) is 6.91. The zero-order chi connectivity index (χ0) is 29.7. The summed E-state index contributed by atoms with van der Waals surface area (Å²) in [6.07, 6.45) is 1.57. The summed E-state index contributed by atoms with van der Waals surface area (Å²) in [7, 11) is 0. The van der Waals surface area contributed by atoms with Crippen LogP contribution in [-0.2, 0) is 22.6 Å². The zero-order valence-corrected chi connectivity index (χ0v) is 24.7. The van der Waals surface area contributed by atoms with Crippen molar-refractivity contribution in [2.24, 2.45) is 5.92 Å². The van der Waals surface area contributed by atoms with E-state index in [1.807, 2.05) is 73.3 Å². The predicted molar refractivity (Wildman–Crippen MR) is 164 cm³/mol. The molecule has 9 nitrogen and oxygen atoms in total. The van der Waals surface area contributed by atoms with Gasteiger partial charge in [-0.15, -0.1) is 5.10 Å². The van der Waals surface area contributed by atoms with Crippen molar-refractivity contribution >= 4 is 17.5 Å². The smallest absolute Gasteiger partial charge is 0.249 e. The lowest BCUT2D eigenvalue weighted by atomic mass is 9.98. The Balaban J connectivity index is 1.34. The van der Waals surface area contributed by atoms with E-state index in [0.29, 0.717) is 37.5 Å². The molecule has 3 N–H and O–H groups in total. The Kier molecular flexibility index (Phi) is 8.77. The Morgan fingerprint density at radius 1 is 1.02 bits per heavy atom. The Morgan fingerprint density at radius 2 is 1.74 bits per heavy atom. The molecule has 218 valence electrons. The van der Waals surface area contributed by atoms with Crippen LogP contribution in [0.2, 0.25) is 0 Å². The number of aryl methyl sites for hydroxylation is 1. The number of aromatic nitrogens is 4. The van der Waals surface area contributed by atoms with Gasteiger partial charge in [-0.25, -0.2) is 5.10 Å². The number of nitrogens with one attached hydrogen (secondary N) is 3. The Labute approximate surface area is 247 Å². The number of benzene rings is 3. The van der Waals surface area contributed by atoms with Crippen molar-refractivity contribution in [3.63, 3.8) is 0 Å². The molecule has 0 saturated heterocycles. The summed E-state index contributed by atoms with van der Waals surface area (Å²) in [6.45, 7) is 9.56. The average molecular weight is 566 g/mol. The molecule has 1 aliphatic rings. The van der Waals surface area contributed by atoms with E-state index < -0.39 is 6.04 Å². The number of carbonyl (C=O) groups excluding carboxylic acids is 2. The molecule has 0 bridgehead atoms. The number of anilines is 1. The highest BCUT2D eigenvalue weighted by atomic mass is 16.2. The standard InChI is InChI=1S/C33H39N7O2/c1-22(2)20-34-33(3,4)19-30(41)35-28-18-17-25-9-5-8-12-29(25)40(32(28)42)21-23-13-15-24(16-14-23)26-10-6-7-11-27(26)31-36-38-39-37-31/h5-16,22,28,34H,17-21H2,1-4H3,(H,35,41)(H,36,37,38,39)/t28-/m1/s1. The molecule has 2 heterocycles. The number of amides is 2. The third-order valence-electron chi connectivity index (χ3n) is 7.61. The first-order valence-corrected chi connectivity index (χ1v) is 14.6. The van der Waals surface area contributed by atoms with Crippen LogP contribution in [0, 0.1) is 5.92 Å². The van der Waals surface area contributed by atoms with Crippen LogP contribution in [0.5, 0.6) is 0 Å². The van der Waals surface area contributed by atoms with E-state index in [9.17, 15) is 9.59 Å². The van der Waals surface area contributed by atoms with E-state index in [0.717, 1.165) is 40.0 Å². The number of hydrogen-bond donors (Lipinski definition) is 3. The summed E-state index contributed by atoms with van der Waals surface area (Å²) >= 11 is 0. The maximum absolute atomic E-state index is 14.0. The highest BCUT2D eigenvalue weighted by Gasteiger charge is 2.32. The maximum Gasteiger partial charge on any atom is 0.249 e. The lowest BCUT2D eigenvalue weighted by Gasteiger charge is -2.29. The van der Waals surface area contributed by atoms with Crippen molar-refractivity contribution < 1.29 is 9.59 Å². The van der Waals surface area contributed by atoms with E-state index in [4.69, 9.17) is 0 Å². The molecule has 9 heteroatoms. The third-order valence-corrected chi connectivity index (χ3v) is 7.61. The molecule has 2 amide bonds. The van der Waals surface area contributed by atoms with Gasteiger partial charge in [-0.3, -0.25) is 9.59 Å². The molecule has 1 aliphatic heterocycles. The fourth-order valence-electron chi connectivity index (χ4n) is 5.39. The molecule has 0 unspecified atom stereocenters. The molecule has 1 atom stereocenters. The number of tetrazole rings is 1. The molecular weight excluding hydrogens is 526 g/mol. The first kappa shape index (κ1) is 29.1. The molecule has 42 heavy (non-hydrogen) atoms. The van der Waals surface area contributed by atoms with Crippen LogP contribution in [0.3, 0.4) is 0 Å². The van der Waals surface area contributed by atoms with Crippen molar-refractivity contribution in [2.75, 3.05) is 11.4 Å². The molecule has 0 fully saturated rings. The second-order valence-corrected chi connectivity index (χ2v) is 12.0. The van der Waals surface area contributed by atoms with Crippen molar-refractivity contribution in [3.8, 4) is 22.5 Å².